The Hall–Kier alpha value is -2.27. The second-order valence-corrected chi connectivity index (χ2v) is 5.72. The van der Waals surface area contributed by atoms with E-state index >= 15 is 0 Å². The Labute approximate surface area is 128 Å². The summed E-state index contributed by atoms with van der Waals surface area (Å²) in [7, 11) is 0. The summed E-state index contributed by atoms with van der Waals surface area (Å²) in [4.78, 5) is 4.46. The molecule has 112 valence electrons. The molecule has 0 aliphatic carbocycles. The summed E-state index contributed by atoms with van der Waals surface area (Å²) >= 11 is 0. The molecular weight excluding hydrogens is 279 g/mol. The van der Waals surface area contributed by atoms with E-state index in [0.717, 1.165) is 36.3 Å². The highest BCUT2D eigenvalue weighted by atomic mass is 19.1. The molecule has 3 heterocycles. The first kappa shape index (κ1) is 13.4. The van der Waals surface area contributed by atoms with E-state index in [0.29, 0.717) is 5.92 Å². The molecule has 0 amide bonds. The molecule has 1 aliphatic heterocycles. The molecule has 3 aromatic rings. The third-order valence-electron chi connectivity index (χ3n) is 4.28. The average Bonchev–Trinajstić information content (AvgIpc) is 3.00. The van der Waals surface area contributed by atoms with Crippen LogP contribution in [0, 0.1) is 5.82 Å². The molecule has 5 heteroatoms. The zero-order valence-electron chi connectivity index (χ0n) is 12.2. The van der Waals surface area contributed by atoms with Gasteiger partial charge in [0.1, 0.15) is 5.82 Å². The fourth-order valence-electron chi connectivity index (χ4n) is 3.18. The topological polar surface area (TPSA) is 42.2 Å². The summed E-state index contributed by atoms with van der Waals surface area (Å²) in [5.41, 5.74) is 3.63. The lowest BCUT2D eigenvalue weighted by molar-refractivity contribution is 0.448. The maximum atomic E-state index is 13.5. The van der Waals surface area contributed by atoms with Gasteiger partial charge in [-0.1, -0.05) is 12.1 Å². The van der Waals surface area contributed by atoms with Gasteiger partial charge in [-0.05, 0) is 43.1 Å². The molecule has 1 N–H and O–H groups in total. The summed E-state index contributed by atoms with van der Waals surface area (Å²) in [6.45, 7) is 2.05. The molecule has 4 nitrogen and oxygen atoms in total. The standard InChI is InChI=1S/C17H17FN4/c18-14-5-1-3-12(9-14)15-11-21-22-16(6-8-20-17(15)22)13-4-2-7-19-10-13/h1,3,5-6,8-9,11,13,19H,2,4,7,10H2. The van der Waals surface area contributed by atoms with Crippen LogP contribution in [0.2, 0.25) is 0 Å². The van der Waals surface area contributed by atoms with Crippen molar-refractivity contribution in [2.45, 2.75) is 18.8 Å². The van der Waals surface area contributed by atoms with Gasteiger partial charge in [-0.15, -0.1) is 0 Å². The van der Waals surface area contributed by atoms with Crippen molar-refractivity contribution in [2.24, 2.45) is 0 Å². The summed E-state index contributed by atoms with van der Waals surface area (Å²) in [5, 5.41) is 7.94. The quantitative estimate of drug-likeness (QED) is 0.790. The Morgan fingerprint density at radius 3 is 3.05 bits per heavy atom. The third kappa shape index (κ3) is 2.27. The Morgan fingerprint density at radius 2 is 2.23 bits per heavy atom. The molecule has 1 atom stereocenters. The van der Waals surface area contributed by atoms with E-state index in [-0.39, 0.29) is 5.82 Å². The summed E-state index contributed by atoms with van der Waals surface area (Å²) < 4.78 is 15.4. The van der Waals surface area contributed by atoms with Crippen molar-refractivity contribution < 1.29 is 4.39 Å². The number of nitrogens with one attached hydrogen (secondary N) is 1. The molecule has 1 aliphatic rings. The summed E-state index contributed by atoms with van der Waals surface area (Å²) in [5.74, 6) is 0.198. The van der Waals surface area contributed by atoms with Crippen LogP contribution in [-0.2, 0) is 0 Å². The molecule has 0 bridgehead atoms. The van der Waals surface area contributed by atoms with Gasteiger partial charge in [0, 0.05) is 24.2 Å². The van der Waals surface area contributed by atoms with Crippen LogP contribution in [0.4, 0.5) is 4.39 Å². The van der Waals surface area contributed by atoms with E-state index in [9.17, 15) is 4.39 Å². The fourth-order valence-corrected chi connectivity index (χ4v) is 3.18. The number of rotatable bonds is 2. The van der Waals surface area contributed by atoms with Gasteiger partial charge in [-0.3, -0.25) is 0 Å². The van der Waals surface area contributed by atoms with Crippen LogP contribution in [0.5, 0.6) is 0 Å². The zero-order valence-corrected chi connectivity index (χ0v) is 12.2. The van der Waals surface area contributed by atoms with E-state index in [1.807, 2.05) is 22.8 Å². The van der Waals surface area contributed by atoms with Crippen LogP contribution in [0.3, 0.4) is 0 Å². The molecule has 0 saturated carbocycles. The van der Waals surface area contributed by atoms with Gasteiger partial charge in [0.05, 0.1) is 11.9 Å². The van der Waals surface area contributed by atoms with Crippen molar-refractivity contribution in [1.29, 1.82) is 0 Å². The van der Waals surface area contributed by atoms with Crippen molar-refractivity contribution in [1.82, 2.24) is 19.9 Å². The molecular formula is C17H17FN4. The minimum atomic E-state index is -0.246. The molecule has 2 aromatic heterocycles. The van der Waals surface area contributed by atoms with Gasteiger partial charge in [0.2, 0.25) is 0 Å². The maximum absolute atomic E-state index is 13.5. The van der Waals surface area contributed by atoms with Crippen molar-refractivity contribution in [3.05, 3.63) is 54.2 Å². The summed E-state index contributed by atoms with van der Waals surface area (Å²) in [6.07, 6.45) is 5.92. The second kappa shape index (κ2) is 5.50. The van der Waals surface area contributed by atoms with Crippen LogP contribution in [0.1, 0.15) is 24.5 Å². The lowest BCUT2D eigenvalue weighted by atomic mass is 9.96. The highest BCUT2D eigenvalue weighted by Gasteiger charge is 2.20. The molecule has 4 rings (SSSR count). The molecule has 22 heavy (non-hydrogen) atoms. The van der Waals surface area contributed by atoms with Crippen LogP contribution in [0.25, 0.3) is 16.8 Å². The number of nitrogens with zero attached hydrogens (tertiary/aromatic N) is 3. The number of piperidine rings is 1. The lowest BCUT2D eigenvalue weighted by Crippen LogP contribution is -2.29. The minimum Gasteiger partial charge on any atom is -0.316 e. The molecule has 1 saturated heterocycles. The summed E-state index contributed by atoms with van der Waals surface area (Å²) in [6, 6.07) is 8.60. The molecule has 1 aromatic carbocycles. The normalized spacial score (nSPS) is 18.7. The molecule has 1 unspecified atom stereocenters. The Bertz CT molecular complexity index is 805. The van der Waals surface area contributed by atoms with Crippen molar-refractivity contribution in [3.8, 4) is 11.1 Å². The van der Waals surface area contributed by atoms with E-state index in [1.54, 1.807) is 12.3 Å². The highest BCUT2D eigenvalue weighted by molar-refractivity contribution is 5.77. The van der Waals surface area contributed by atoms with Gasteiger partial charge < -0.3 is 5.32 Å². The van der Waals surface area contributed by atoms with Crippen LogP contribution in [-0.4, -0.2) is 27.7 Å². The van der Waals surface area contributed by atoms with E-state index in [4.69, 9.17) is 0 Å². The Morgan fingerprint density at radius 1 is 1.27 bits per heavy atom. The minimum absolute atomic E-state index is 0.246. The van der Waals surface area contributed by atoms with Crippen molar-refractivity contribution >= 4 is 5.65 Å². The van der Waals surface area contributed by atoms with E-state index in [1.165, 1.54) is 24.2 Å². The van der Waals surface area contributed by atoms with Crippen molar-refractivity contribution in [3.63, 3.8) is 0 Å². The van der Waals surface area contributed by atoms with Gasteiger partial charge in [-0.25, -0.2) is 13.9 Å². The Kier molecular flexibility index (Phi) is 3.35. The predicted octanol–water partition coefficient (Wildman–Crippen LogP) is 3.00. The maximum Gasteiger partial charge on any atom is 0.163 e. The van der Waals surface area contributed by atoms with E-state index in [2.05, 4.69) is 15.4 Å². The van der Waals surface area contributed by atoms with Crippen LogP contribution < -0.4 is 5.32 Å². The molecule has 1 fully saturated rings. The van der Waals surface area contributed by atoms with Crippen molar-refractivity contribution in [2.75, 3.05) is 13.1 Å². The van der Waals surface area contributed by atoms with Crippen LogP contribution in [0.15, 0.2) is 42.7 Å². The lowest BCUT2D eigenvalue weighted by Gasteiger charge is -2.23. The largest absolute Gasteiger partial charge is 0.316 e. The first-order valence-corrected chi connectivity index (χ1v) is 7.62. The number of halogens is 1. The van der Waals surface area contributed by atoms with Gasteiger partial charge in [-0.2, -0.15) is 5.10 Å². The van der Waals surface area contributed by atoms with Gasteiger partial charge in [0.15, 0.2) is 5.65 Å². The average molecular weight is 296 g/mol. The zero-order chi connectivity index (χ0) is 14.9. The Balaban J connectivity index is 1.83. The van der Waals surface area contributed by atoms with Crippen LogP contribution >= 0.6 is 0 Å². The van der Waals surface area contributed by atoms with E-state index < -0.39 is 0 Å². The second-order valence-electron chi connectivity index (χ2n) is 5.72. The SMILES string of the molecule is Fc1cccc(-c2cnn3c(C4CCCNC4)ccnc23)c1. The van der Waals surface area contributed by atoms with Gasteiger partial charge in [0.25, 0.3) is 0 Å². The predicted molar refractivity (Wildman–Crippen MR) is 83.2 cm³/mol. The highest BCUT2D eigenvalue weighted by Crippen LogP contribution is 2.28. The number of aromatic nitrogens is 3. The molecule has 0 radical (unpaired) electrons. The first-order valence-electron chi connectivity index (χ1n) is 7.62. The number of fused-ring (bicyclic) bond motifs is 1. The number of hydrogen-bond acceptors (Lipinski definition) is 3. The number of hydrogen-bond donors (Lipinski definition) is 1. The first-order chi connectivity index (χ1) is 10.8. The molecule has 0 spiro atoms. The van der Waals surface area contributed by atoms with Gasteiger partial charge >= 0.3 is 0 Å². The fraction of sp³-hybridized carbons (Fsp3) is 0.294. The third-order valence-corrected chi connectivity index (χ3v) is 4.28. The monoisotopic (exact) mass is 296 g/mol. The number of benzene rings is 1. The smallest absolute Gasteiger partial charge is 0.163 e.